The maximum Gasteiger partial charge on any atom is 0.328 e. The molecule has 4 aliphatic rings. The molecule has 0 bridgehead atoms. The molecule has 21 nitrogen and oxygen atoms in total. The Hall–Kier alpha value is -5.30. The quantitative estimate of drug-likeness (QED) is 0.0838. The van der Waals surface area contributed by atoms with Crippen molar-refractivity contribution in [3.63, 3.8) is 0 Å². The topological polar surface area (TPSA) is 341 Å². The van der Waals surface area contributed by atoms with Gasteiger partial charge in [0.15, 0.2) is 30.2 Å². The molecule has 334 valence electrons. The van der Waals surface area contributed by atoms with Gasteiger partial charge in [-0.15, -0.1) is 0 Å². The summed E-state index contributed by atoms with van der Waals surface area (Å²) < 4.78 is 29.1. The highest BCUT2D eigenvalue weighted by molar-refractivity contribution is 6.31. The van der Waals surface area contributed by atoms with Crippen LogP contribution in [-0.2, 0) is 23.7 Å². The van der Waals surface area contributed by atoms with Crippen LogP contribution in [0.3, 0.4) is 0 Å². The van der Waals surface area contributed by atoms with Gasteiger partial charge in [-0.3, -0.25) is 14.4 Å². The molecule has 3 aromatic rings. The number of nitrogens with one attached hydrogen (secondary N) is 2. The number of hydrogen-bond acceptors (Lipinski definition) is 19. The Labute approximate surface area is 351 Å². The van der Waals surface area contributed by atoms with Crippen LogP contribution in [0.15, 0.2) is 24.3 Å². The van der Waals surface area contributed by atoms with Gasteiger partial charge in [-0.05, 0) is 49.2 Å². The fourth-order valence-corrected chi connectivity index (χ4v) is 8.50. The molecule has 2 fully saturated rings. The fourth-order valence-electron chi connectivity index (χ4n) is 8.50. The summed E-state index contributed by atoms with van der Waals surface area (Å²) in [5.41, 5.74) is -3.80. The molecule has 0 radical (unpaired) electrons. The molecular weight excluding hydrogens is 824 g/mol. The number of methoxy groups -OCH3 is 1. The fraction of sp³-hybridized carbons (Fsp3) is 0.463. The molecule has 62 heavy (non-hydrogen) atoms. The molecule has 7 rings (SSSR count). The summed E-state index contributed by atoms with van der Waals surface area (Å²) in [5.74, 6) is -7.17. The van der Waals surface area contributed by atoms with E-state index in [-0.39, 0.29) is 28.0 Å². The molecule has 3 aromatic carbocycles. The Bertz CT molecular complexity index is 2320. The Morgan fingerprint density at radius 2 is 1.52 bits per heavy atom. The largest absolute Gasteiger partial charge is 0.507 e. The van der Waals surface area contributed by atoms with Gasteiger partial charge in [0.1, 0.15) is 65.7 Å². The number of phenolic OH excluding ortho intramolecular Hbond substituents is 3. The van der Waals surface area contributed by atoms with E-state index in [1.54, 1.807) is 13.8 Å². The van der Waals surface area contributed by atoms with Crippen LogP contribution in [0.4, 0.5) is 0 Å². The number of carboxylic acid groups (broad SMARTS) is 1. The average Bonchev–Trinajstić information content (AvgIpc) is 3.22. The lowest BCUT2D eigenvalue weighted by atomic mass is 9.74. The number of aromatic hydroxyl groups is 3. The second-order valence-corrected chi connectivity index (χ2v) is 15.4. The molecule has 0 spiro atoms. The first-order valence-corrected chi connectivity index (χ1v) is 19.5. The van der Waals surface area contributed by atoms with E-state index in [9.17, 15) is 70.2 Å². The third-order valence-electron chi connectivity index (χ3n) is 11.6. The van der Waals surface area contributed by atoms with E-state index in [2.05, 4.69) is 10.6 Å². The number of aliphatic hydroxyl groups excluding tert-OH is 6. The number of carbonyl (C=O) groups excluding carboxylic acids is 3. The van der Waals surface area contributed by atoms with E-state index >= 15 is 0 Å². The van der Waals surface area contributed by atoms with Gasteiger partial charge in [-0.2, -0.15) is 0 Å². The lowest BCUT2D eigenvalue weighted by molar-refractivity contribution is -0.339. The smallest absolute Gasteiger partial charge is 0.328 e. The van der Waals surface area contributed by atoms with Crippen LogP contribution in [0.2, 0.25) is 0 Å². The zero-order valence-electron chi connectivity index (χ0n) is 33.5. The maximum atomic E-state index is 14.1. The summed E-state index contributed by atoms with van der Waals surface area (Å²) in [4.78, 5) is 53.5. The first-order valence-electron chi connectivity index (χ1n) is 19.5. The number of carbonyl (C=O) groups is 4. The predicted molar refractivity (Wildman–Crippen MR) is 207 cm³/mol. The zero-order chi connectivity index (χ0) is 45.2. The van der Waals surface area contributed by atoms with Crippen molar-refractivity contribution in [2.45, 2.75) is 94.3 Å². The van der Waals surface area contributed by atoms with Crippen LogP contribution in [0.1, 0.15) is 84.9 Å². The highest BCUT2D eigenvalue weighted by Crippen LogP contribution is 2.57. The lowest BCUT2D eigenvalue weighted by Crippen LogP contribution is -2.65. The summed E-state index contributed by atoms with van der Waals surface area (Å²) in [7, 11) is 1.26. The Morgan fingerprint density at radius 1 is 0.855 bits per heavy atom. The number of likely N-dealkylation sites (N-methyl/N-ethyl adjacent to an activating group) is 1. The predicted octanol–water partition coefficient (Wildman–Crippen LogP) is -1.25. The number of ether oxygens (including phenoxy) is 5. The van der Waals surface area contributed by atoms with Crippen molar-refractivity contribution in [1.29, 1.82) is 0 Å². The molecule has 12 atom stereocenters. The first kappa shape index (κ1) is 44.7. The van der Waals surface area contributed by atoms with Crippen molar-refractivity contribution >= 4 is 23.4 Å². The second kappa shape index (κ2) is 17.1. The lowest BCUT2D eigenvalue weighted by Gasteiger charge is -2.47. The minimum absolute atomic E-state index is 0.0000783. The summed E-state index contributed by atoms with van der Waals surface area (Å²) in [6.45, 7) is 3.58. The Morgan fingerprint density at radius 3 is 2.16 bits per heavy atom. The normalized spacial score (nSPS) is 29.5. The zero-order valence-corrected chi connectivity index (χ0v) is 33.5. The summed E-state index contributed by atoms with van der Waals surface area (Å²) in [5, 5.41) is 114. The molecule has 2 saturated heterocycles. The van der Waals surface area contributed by atoms with E-state index in [0.29, 0.717) is 6.54 Å². The molecule has 2 heterocycles. The Kier molecular flexibility index (Phi) is 12.3. The maximum absolute atomic E-state index is 14.1. The van der Waals surface area contributed by atoms with E-state index in [4.69, 9.17) is 23.7 Å². The van der Waals surface area contributed by atoms with Gasteiger partial charge < -0.3 is 85.4 Å². The third kappa shape index (κ3) is 7.33. The molecule has 2 aliphatic heterocycles. The summed E-state index contributed by atoms with van der Waals surface area (Å²) >= 11 is 0. The number of aliphatic hydroxyl groups is 6. The number of aryl methyl sites for hydroxylation is 1. The number of phenols is 3. The SMILES string of the molecule is CCNC1C(C)OC(O[C@H]2c3cc(C)c(C(=O)N[C@H](CO)C(=O)O)c(O)c3-c3c(cc4c(c3O)C(=O)c3cc(OC)cc(O)c3C4=O)[C@@H]2O)C(O)C1OC1OCC(O)C(O)C1O. The van der Waals surface area contributed by atoms with Crippen LogP contribution in [0.5, 0.6) is 23.0 Å². The molecule has 21 heteroatoms. The minimum atomic E-state index is -1.93. The molecule has 12 N–H and O–H groups in total. The van der Waals surface area contributed by atoms with Crippen molar-refractivity contribution in [2.24, 2.45) is 0 Å². The standard InChI is InChI=1S/C41H46N2O19/c1-5-42-27-13(3)60-41(35(54)37(27)62-40-34(53)31(50)21(46)11-59-40)61-36-18-6-12(2)22(38(55)43-19(10-44)39(56)57)32(51)25(18)24-16(30(36)49)9-17-26(33(24)52)29(48)15-7-14(58-4)8-20(45)23(15)28(17)47/h6-9,13,19,21,27,30-31,34-37,40-42,44-46,49-54H,5,10-11H2,1-4H3,(H,43,55)(H,56,57)/t13?,19-,21?,27?,30+,31?,34?,35?,36+,37?,40?,41?/m1/s1. The van der Waals surface area contributed by atoms with Crippen molar-refractivity contribution < 1.29 is 93.9 Å². The van der Waals surface area contributed by atoms with Gasteiger partial charge >= 0.3 is 5.97 Å². The van der Waals surface area contributed by atoms with Gasteiger partial charge in [0.2, 0.25) is 0 Å². The molecule has 0 saturated carbocycles. The van der Waals surface area contributed by atoms with Gasteiger partial charge in [-0.25, -0.2) is 4.79 Å². The van der Waals surface area contributed by atoms with Crippen LogP contribution < -0.4 is 15.4 Å². The van der Waals surface area contributed by atoms with Crippen LogP contribution in [0.25, 0.3) is 11.1 Å². The van der Waals surface area contributed by atoms with Gasteiger partial charge in [0, 0.05) is 28.3 Å². The number of aliphatic carboxylic acids is 1. The van der Waals surface area contributed by atoms with E-state index in [0.717, 1.165) is 12.1 Å². The number of benzene rings is 3. The van der Waals surface area contributed by atoms with Crippen molar-refractivity contribution in [3.8, 4) is 34.1 Å². The first-order chi connectivity index (χ1) is 29.4. The summed E-state index contributed by atoms with van der Waals surface area (Å²) in [6.07, 6.45) is -15.7. The van der Waals surface area contributed by atoms with Gasteiger partial charge in [-0.1, -0.05) is 13.0 Å². The number of amides is 1. The molecule has 1 amide bonds. The van der Waals surface area contributed by atoms with Gasteiger partial charge in [0.05, 0.1) is 49.2 Å². The third-order valence-corrected chi connectivity index (χ3v) is 11.6. The van der Waals surface area contributed by atoms with E-state index in [1.807, 2.05) is 0 Å². The highest BCUT2D eigenvalue weighted by atomic mass is 16.7. The van der Waals surface area contributed by atoms with Crippen LogP contribution >= 0.6 is 0 Å². The summed E-state index contributed by atoms with van der Waals surface area (Å²) in [6, 6.07) is 1.94. The van der Waals surface area contributed by atoms with Crippen LogP contribution in [-0.4, -0.2) is 163 Å². The molecule has 9 unspecified atom stereocenters. The number of ketones is 2. The van der Waals surface area contributed by atoms with E-state index in [1.165, 1.54) is 26.2 Å². The molecule has 0 aromatic heterocycles. The van der Waals surface area contributed by atoms with Crippen molar-refractivity contribution in [3.05, 3.63) is 68.8 Å². The van der Waals surface area contributed by atoms with Crippen molar-refractivity contribution in [2.75, 3.05) is 26.9 Å². The number of rotatable bonds is 11. The number of carboxylic acids is 1. The van der Waals surface area contributed by atoms with Gasteiger partial charge in [0.25, 0.3) is 5.91 Å². The Balaban J connectivity index is 1.37. The van der Waals surface area contributed by atoms with Crippen LogP contribution in [0, 0.1) is 6.92 Å². The number of fused-ring (bicyclic) bond motifs is 5. The monoisotopic (exact) mass is 870 g/mol. The minimum Gasteiger partial charge on any atom is -0.507 e. The average molecular weight is 871 g/mol. The second-order valence-electron chi connectivity index (χ2n) is 15.4. The van der Waals surface area contributed by atoms with E-state index < -0.39 is 161 Å². The van der Waals surface area contributed by atoms with Crippen molar-refractivity contribution in [1.82, 2.24) is 10.6 Å². The molecule has 2 aliphatic carbocycles. The highest BCUT2D eigenvalue weighted by Gasteiger charge is 2.51. The molecular formula is C41H46N2O19. The number of hydrogen-bond donors (Lipinski definition) is 12.